The topological polar surface area (TPSA) is 50.9 Å². The van der Waals surface area contributed by atoms with Gasteiger partial charge in [-0.05, 0) is 31.7 Å². The van der Waals surface area contributed by atoms with Crippen molar-refractivity contribution in [3.8, 4) is 0 Å². The number of thiazole rings is 1. The van der Waals surface area contributed by atoms with Crippen LogP contribution in [0, 0.1) is 12.3 Å². The maximum Gasteiger partial charge on any atom is 0.0897 e. The normalized spacial score (nSPS) is 19.1. The second-order valence-electron chi connectivity index (χ2n) is 4.87. The maximum atomic E-state index is 5.90. The third kappa shape index (κ3) is 2.81. The van der Waals surface area contributed by atoms with Gasteiger partial charge in [0.2, 0.25) is 0 Å². The van der Waals surface area contributed by atoms with E-state index >= 15 is 0 Å². The van der Waals surface area contributed by atoms with Crippen LogP contribution in [0.4, 0.5) is 0 Å². The number of rotatable bonds is 5. The third-order valence-electron chi connectivity index (χ3n) is 3.57. The van der Waals surface area contributed by atoms with Crippen molar-refractivity contribution in [1.82, 2.24) is 10.3 Å². The van der Waals surface area contributed by atoms with E-state index in [0.29, 0.717) is 5.41 Å². The average Bonchev–Trinajstić information content (AvgIpc) is 2.89. The van der Waals surface area contributed by atoms with Crippen LogP contribution in [0.2, 0.25) is 0 Å². The highest BCUT2D eigenvalue weighted by molar-refractivity contribution is 7.09. The van der Waals surface area contributed by atoms with E-state index < -0.39 is 0 Å². The van der Waals surface area contributed by atoms with E-state index in [1.807, 2.05) is 6.92 Å². The number of nitrogens with one attached hydrogen (secondary N) is 1. The van der Waals surface area contributed by atoms with E-state index in [1.165, 1.54) is 25.7 Å². The van der Waals surface area contributed by atoms with Crippen molar-refractivity contribution in [2.45, 2.75) is 39.2 Å². The Labute approximate surface area is 101 Å². The van der Waals surface area contributed by atoms with Crippen LogP contribution >= 0.6 is 11.3 Å². The Morgan fingerprint density at radius 2 is 2.25 bits per heavy atom. The molecule has 0 aromatic carbocycles. The molecule has 0 aliphatic heterocycles. The largest absolute Gasteiger partial charge is 0.330 e. The number of hydrogen-bond donors (Lipinski definition) is 2. The van der Waals surface area contributed by atoms with E-state index in [1.54, 1.807) is 11.3 Å². The predicted molar refractivity (Wildman–Crippen MR) is 68.5 cm³/mol. The van der Waals surface area contributed by atoms with Crippen LogP contribution in [0.15, 0.2) is 5.38 Å². The van der Waals surface area contributed by atoms with Crippen molar-refractivity contribution < 1.29 is 0 Å². The standard InChI is InChI=1S/C12H21N3S/c1-10-15-11(7-16-10)6-14-9-12(8-13)4-2-3-5-12/h7,14H,2-6,8-9,13H2,1H3. The van der Waals surface area contributed by atoms with Gasteiger partial charge in [-0.3, -0.25) is 0 Å². The zero-order valence-electron chi connectivity index (χ0n) is 9.96. The van der Waals surface area contributed by atoms with Crippen LogP contribution in [-0.4, -0.2) is 18.1 Å². The molecule has 1 aliphatic rings. The Morgan fingerprint density at radius 3 is 2.81 bits per heavy atom. The molecule has 2 rings (SSSR count). The molecule has 1 aliphatic carbocycles. The molecule has 3 nitrogen and oxygen atoms in total. The molecule has 0 atom stereocenters. The van der Waals surface area contributed by atoms with Gasteiger partial charge >= 0.3 is 0 Å². The van der Waals surface area contributed by atoms with Crippen LogP contribution in [-0.2, 0) is 6.54 Å². The Kier molecular flexibility index (Phi) is 3.95. The molecule has 1 aromatic rings. The molecule has 1 fully saturated rings. The highest BCUT2D eigenvalue weighted by atomic mass is 32.1. The van der Waals surface area contributed by atoms with Gasteiger partial charge in [0.25, 0.3) is 0 Å². The first-order valence-electron chi connectivity index (χ1n) is 6.06. The summed E-state index contributed by atoms with van der Waals surface area (Å²) in [6.07, 6.45) is 5.25. The van der Waals surface area contributed by atoms with E-state index in [2.05, 4.69) is 15.7 Å². The second kappa shape index (κ2) is 5.25. The summed E-state index contributed by atoms with van der Waals surface area (Å²) in [6.45, 7) is 4.79. The van der Waals surface area contributed by atoms with Gasteiger partial charge in [-0.1, -0.05) is 12.8 Å². The van der Waals surface area contributed by atoms with Gasteiger partial charge in [0, 0.05) is 18.5 Å². The number of aromatic nitrogens is 1. The lowest BCUT2D eigenvalue weighted by atomic mass is 9.86. The van der Waals surface area contributed by atoms with Gasteiger partial charge in [0.1, 0.15) is 0 Å². The van der Waals surface area contributed by atoms with Crippen LogP contribution in [0.3, 0.4) is 0 Å². The van der Waals surface area contributed by atoms with Crippen LogP contribution in [0.1, 0.15) is 36.4 Å². The SMILES string of the molecule is Cc1nc(CNCC2(CN)CCCC2)cs1. The van der Waals surface area contributed by atoms with Gasteiger partial charge < -0.3 is 11.1 Å². The van der Waals surface area contributed by atoms with Gasteiger partial charge in [-0.2, -0.15) is 0 Å². The number of hydrogen-bond acceptors (Lipinski definition) is 4. The first-order valence-corrected chi connectivity index (χ1v) is 6.94. The summed E-state index contributed by atoms with van der Waals surface area (Å²) in [4.78, 5) is 4.45. The van der Waals surface area contributed by atoms with Gasteiger partial charge in [-0.15, -0.1) is 11.3 Å². The molecule has 1 aromatic heterocycles. The summed E-state index contributed by atoms with van der Waals surface area (Å²) in [5, 5.41) is 6.79. The van der Waals surface area contributed by atoms with E-state index in [9.17, 15) is 0 Å². The van der Waals surface area contributed by atoms with Crippen molar-refractivity contribution in [2.24, 2.45) is 11.1 Å². The molecule has 1 heterocycles. The number of aryl methyl sites for hydroxylation is 1. The molecular formula is C12H21N3S. The summed E-state index contributed by atoms with van der Waals surface area (Å²) >= 11 is 1.72. The van der Waals surface area contributed by atoms with E-state index in [0.717, 1.165) is 30.3 Å². The molecule has 90 valence electrons. The first-order chi connectivity index (χ1) is 7.74. The zero-order chi connectivity index (χ0) is 11.4. The van der Waals surface area contributed by atoms with Crippen molar-refractivity contribution in [3.63, 3.8) is 0 Å². The minimum absolute atomic E-state index is 0.366. The Hall–Kier alpha value is -0.450. The fourth-order valence-corrected chi connectivity index (χ4v) is 3.14. The summed E-state index contributed by atoms with van der Waals surface area (Å²) in [5.41, 5.74) is 7.42. The first kappa shape index (κ1) is 12.0. The molecule has 0 amide bonds. The lowest BCUT2D eigenvalue weighted by Crippen LogP contribution is -2.38. The highest BCUT2D eigenvalue weighted by Gasteiger charge is 2.31. The van der Waals surface area contributed by atoms with Gasteiger partial charge in [0.15, 0.2) is 0 Å². The summed E-state index contributed by atoms with van der Waals surface area (Å²) < 4.78 is 0. The fraction of sp³-hybridized carbons (Fsp3) is 0.750. The molecule has 4 heteroatoms. The van der Waals surface area contributed by atoms with Crippen LogP contribution in [0.5, 0.6) is 0 Å². The van der Waals surface area contributed by atoms with Gasteiger partial charge in [-0.25, -0.2) is 4.98 Å². The molecule has 0 radical (unpaired) electrons. The summed E-state index contributed by atoms with van der Waals surface area (Å²) in [7, 11) is 0. The molecule has 1 saturated carbocycles. The monoisotopic (exact) mass is 239 g/mol. The number of nitrogens with two attached hydrogens (primary N) is 1. The molecule has 0 unspecified atom stereocenters. The average molecular weight is 239 g/mol. The minimum Gasteiger partial charge on any atom is -0.330 e. The Balaban J connectivity index is 1.78. The third-order valence-corrected chi connectivity index (χ3v) is 4.39. The quantitative estimate of drug-likeness (QED) is 0.827. The van der Waals surface area contributed by atoms with E-state index in [4.69, 9.17) is 5.73 Å². The van der Waals surface area contributed by atoms with Crippen LogP contribution in [0.25, 0.3) is 0 Å². The van der Waals surface area contributed by atoms with Crippen molar-refractivity contribution >= 4 is 11.3 Å². The Morgan fingerprint density at radius 1 is 1.50 bits per heavy atom. The second-order valence-corrected chi connectivity index (χ2v) is 5.93. The van der Waals surface area contributed by atoms with Crippen molar-refractivity contribution in [2.75, 3.05) is 13.1 Å². The summed E-state index contributed by atoms with van der Waals surface area (Å²) in [5.74, 6) is 0. The Bertz CT molecular complexity index is 329. The molecule has 0 bridgehead atoms. The molecule has 16 heavy (non-hydrogen) atoms. The predicted octanol–water partition coefficient (Wildman–Crippen LogP) is 2.06. The molecular weight excluding hydrogens is 218 g/mol. The smallest absolute Gasteiger partial charge is 0.0897 e. The maximum absolute atomic E-state index is 5.90. The van der Waals surface area contributed by atoms with E-state index in [-0.39, 0.29) is 0 Å². The van der Waals surface area contributed by atoms with Crippen molar-refractivity contribution in [3.05, 3.63) is 16.1 Å². The minimum atomic E-state index is 0.366. The fourth-order valence-electron chi connectivity index (χ4n) is 2.52. The highest BCUT2D eigenvalue weighted by Crippen LogP contribution is 2.36. The lowest BCUT2D eigenvalue weighted by molar-refractivity contribution is 0.290. The molecule has 3 N–H and O–H groups in total. The van der Waals surface area contributed by atoms with Gasteiger partial charge in [0.05, 0.1) is 10.7 Å². The van der Waals surface area contributed by atoms with Crippen LogP contribution < -0.4 is 11.1 Å². The molecule has 0 spiro atoms. The summed E-state index contributed by atoms with van der Waals surface area (Å²) in [6, 6.07) is 0. The molecule has 0 saturated heterocycles. The zero-order valence-corrected chi connectivity index (χ0v) is 10.8. The lowest BCUT2D eigenvalue weighted by Gasteiger charge is -2.27. The van der Waals surface area contributed by atoms with Crippen molar-refractivity contribution in [1.29, 1.82) is 0 Å². The number of nitrogens with zero attached hydrogens (tertiary/aromatic N) is 1.